The monoisotopic (exact) mass is 300 g/mol. The number of carbonyl (C=O) groups excluding carboxylic acids is 2. The Labute approximate surface area is 124 Å². The molecular weight excluding hydrogens is 276 g/mol. The predicted molar refractivity (Wildman–Crippen MR) is 77.0 cm³/mol. The lowest BCUT2D eigenvalue weighted by Crippen LogP contribution is -2.50. The summed E-state index contributed by atoms with van der Waals surface area (Å²) in [5.74, 6) is -1.38. The first-order chi connectivity index (χ1) is 9.91. The van der Waals surface area contributed by atoms with Crippen LogP contribution in [0.4, 0.5) is 9.59 Å². The lowest BCUT2D eigenvalue weighted by molar-refractivity contribution is -0.143. The molecule has 120 valence electrons. The zero-order valence-electron chi connectivity index (χ0n) is 12.5. The molecule has 0 aromatic heterocycles. The number of carboxylic acid groups (broad SMARTS) is 1. The van der Waals surface area contributed by atoms with Crippen molar-refractivity contribution in [2.45, 2.75) is 31.7 Å². The van der Waals surface area contributed by atoms with Crippen molar-refractivity contribution in [3.63, 3.8) is 0 Å². The standard InChI is InChI=1S/C13H24N4O4/c1-17(2)13(21)15-8-7-14-12(20)16-10-6-4-3-5-9(10)11(18)19/h9-10H,3-8H2,1-2H3,(H,15,21)(H,18,19)(H2,14,16,20). The molecule has 1 aliphatic rings. The Balaban J connectivity index is 2.26. The van der Waals surface area contributed by atoms with Crippen molar-refractivity contribution in [1.29, 1.82) is 0 Å². The third kappa shape index (κ3) is 5.88. The third-order valence-electron chi connectivity index (χ3n) is 3.49. The molecule has 0 bridgehead atoms. The lowest BCUT2D eigenvalue weighted by Gasteiger charge is -2.29. The second-order valence-corrected chi connectivity index (χ2v) is 5.36. The van der Waals surface area contributed by atoms with Crippen LogP contribution in [0, 0.1) is 5.92 Å². The van der Waals surface area contributed by atoms with Gasteiger partial charge in [-0.25, -0.2) is 9.59 Å². The molecule has 2 atom stereocenters. The smallest absolute Gasteiger partial charge is 0.316 e. The van der Waals surface area contributed by atoms with Gasteiger partial charge in [0.05, 0.1) is 5.92 Å². The highest BCUT2D eigenvalue weighted by Gasteiger charge is 2.31. The molecule has 2 unspecified atom stereocenters. The van der Waals surface area contributed by atoms with Crippen LogP contribution in [0.25, 0.3) is 0 Å². The molecule has 0 aromatic rings. The van der Waals surface area contributed by atoms with Gasteiger partial charge in [0.25, 0.3) is 0 Å². The van der Waals surface area contributed by atoms with Crippen LogP contribution in [-0.4, -0.2) is 61.3 Å². The van der Waals surface area contributed by atoms with E-state index < -0.39 is 17.9 Å². The van der Waals surface area contributed by atoms with E-state index in [1.54, 1.807) is 14.1 Å². The number of amides is 4. The minimum Gasteiger partial charge on any atom is -0.481 e. The van der Waals surface area contributed by atoms with E-state index in [-0.39, 0.29) is 18.6 Å². The first-order valence-electron chi connectivity index (χ1n) is 7.14. The number of aliphatic carboxylic acids is 1. The van der Waals surface area contributed by atoms with E-state index in [1.165, 1.54) is 4.90 Å². The SMILES string of the molecule is CN(C)C(=O)NCCNC(=O)NC1CCCCC1C(=O)O. The summed E-state index contributed by atoms with van der Waals surface area (Å²) in [5, 5.41) is 17.1. The number of carboxylic acids is 1. The maximum Gasteiger partial charge on any atom is 0.316 e. The highest BCUT2D eigenvalue weighted by Crippen LogP contribution is 2.24. The molecule has 1 aliphatic carbocycles. The number of hydrogen-bond donors (Lipinski definition) is 4. The van der Waals surface area contributed by atoms with E-state index in [0.29, 0.717) is 19.4 Å². The Kier molecular flexibility index (Phi) is 6.77. The van der Waals surface area contributed by atoms with Crippen molar-refractivity contribution in [3.05, 3.63) is 0 Å². The van der Waals surface area contributed by atoms with E-state index in [9.17, 15) is 14.4 Å². The van der Waals surface area contributed by atoms with E-state index in [1.807, 2.05) is 0 Å². The van der Waals surface area contributed by atoms with Crippen LogP contribution in [0.1, 0.15) is 25.7 Å². The molecule has 0 aliphatic heterocycles. The van der Waals surface area contributed by atoms with E-state index in [2.05, 4.69) is 16.0 Å². The van der Waals surface area contributed by atoms with Gasteiger partial charge in [0.15, 0.2) is 0 Å². The topological polar surface area (TPSA) is 111 Å². The first-order valence-corrected chi connectivity index (χ1v) is 7.14. The summed E-state index contributed by atoms with van der Waals surface area (Å²) in [6, 6.07) is -0.949. The van der Waals surface area contributed by atoms with Gasteiger partial charge in [-0.2, -0.15) is 0 Å². The fraction of sp³-hybridized carbons (Fsp3) is 0.769. The second-order valence-electron chi connectivity index (χ2n) is 5.36. The van der Waals surface area contributed by atoms with Gasteiger partial charge < -0.3 is 26.0 Å². The van der Waals surface area contributed by atoms with Gasteiger partial charge in [0, 0.05) is 33.2 Å². The molecular formula is C13H24N4O4. The predicted octanol–water partition coefficient (Wildman–Crippen LogP) is 0.200. The van der Waals surface area contributed by atoms with Crippen LogP contribution in [0.5, 0.6) is 0 Å². The summed E-state index contributed by atoms with van der Waals surface area (Å²) in [4.78, 5) is 35.5. The summed E-state index contributed by atoms with van der Waals surface area (Å²) in [5.41, 5.74) is 0. The summed E-state index contributed by atoms with van der Waals surface area (Å²) >= 11 is 0. The number of carbonyl (C=O) groups is 3. The number of hydrogen-bond acceptors (Lipinski definition) is 3. The lowest BCUT2D eigenvalue weighted by atomic mass is 9.84. The van der Waals surface area contributed by atoms with Crippen LogP contribution in [-0.2, 0) is 4.79 Å². The Morgan fingerprint density at radius 1 is 1.10 bits per heavy atom. The van der Waals surface area contributed by atoms with Crippen LogP contribution >= 0.6 is 0 Å². The van der Waals surface area contributed by atoms with E-state index >= 15 is 0 Å². The van der Waals surface area contributed by atoms with Gasteiger partial charge in [0.1, 0.15) is 0 Å². The summed E-state index contributed by atoms with van der Waals surface area (Å²) in [6.07, 6.45) is 3.09. The van der Waals surface area contributed by atoms with E-state index in [0.717, 1.165) is 12.8 Å². The minimum absolute atomic E-state index is 0.226. The van der Waals surface area contributed by atoms with Crippen LogP contribution in [0.3, 0.4) is 0 Å². The summed E-state index contributed by atoms with van der Waals surface area (Å²) in [6.45, 7) is 0.604. The second kappa shape index (κ2) is 8.33. The molecule has 1 fully saturated rings. The number of urea groups is 2. The molecule has 0 spiro atoms. The summed E-state index contributed by atoms with van der Waals surface area (Å²) < 4.78 is 0. The van der Waals surface area contributed by atoms with Crippen LogP contribution in [0.15, 0.2) is 0 Å². The largest absolute Gasteiger partial charge is 0.481 e. The maximum atomic E-state index is 11.7. The van der Waals surface area contributed by atoms with Crippen molar-refractivity contribution < 1.29 is 19.5 Å². The number of nitrogens with one attached hydrogen (secondary N) is 3. The van der Waals surface area contributed by atoms with Gasteiger partial charge in [0.2, 0.25) is 0 Å². The first kappa shape index (κ1) is 17.1. The van der Waals surface area contributed by atoms with Crippen molar-refractivity contribution in [1.82, 2.24) is 20.9 Å². The molecule has 4 amide bonds. The zero-order valence-corrected chi connectivity index (χ0v) is 12.5. The Hall–Kier alpha value is -1.99. The molecule has 0 aromatic carbocycles. The van der Waals surface area contributed by atoms with Gasteiger partial charge >= 0.3 is 18.0 Å². The molecule has 21 heavy (non-hydrogen) atoms. The van der Waals surface area contributed by atoms with E-state index in [4.69, 9.17) is 5.11 Å². The molecule has 0 radical (unpaired) electrons. The number of nitrogens with zero attached hydrogens (tertiary/aromatic N) is 1. The van der Waals surface area contributed by atoms with Crippen LogP contribution in [0.2, 0.25) is 0 Å². The normalized spacial score (nSPS) is 21.2. The van der Waals surface area contributed by atoms with Gasteiger partial charge in [-0.15, -0.1) is 0 Å². The van der Waals surface area contributed by atoms with Crippen molar-refractivity contribution in [2.75, 3.05) is 27.2 Å². The molecule has 8 heteroatoms. The Morgan fingerprint density at radius 3 is 2.33 bits per heavy atom. The van der Waals surface area contributed by atoms with Crippen molar-refractivity contribution in [2.24, 2.45) is 5.92 Å². The van der Waals surface area contributed by atoms with Crippen molar-refractivity contribution in [3.8, 4) is 0 Å². The minimum atomic E-state index is -0.863. The Morgan fingerprint density at radius 2 is 1.71 bits per heavy atom. The average Bonchev–Trinajstić information content (AvgIpc) is 2.43. The number of rotatable bonds is 5. The maximum absolute atomic E-state index is 11.7. The fourth-order valence-corrected chi connectivity index (χ4v) is 2.32. The van der Waals surface area contributed by atoms with Gasteiger partial charge in [-0.3, -0.25) is 4.79 Å². The average molecular weight is 300 g/mol. The molecule has 0 heterocycles. The van der Waals surface area contributed by atoms with Crippen LogP contribution < -0.4 is 16.0 Å². The van der Waals surface area contributed by atoms with Gasteiger partial charge in [-0.1, -0.05) is 12.8 Å². The molecule has 8 nitrogen and oxygen atoms in total. The third-order valence-corrected chi connectivity index (χ3v) is 3.49. The molecule has 0 saturated heterocycles. The Bertz CT molecular complexity index is 386. The summed E-state index contributed by atoms with van der Waals surface area (Å²) in [7, 11) is 3.26. The van der Waals surface area contributed by atoms with Gasteiger partial charge in [-0.05, 0) is 12.8 Å². The molecule has 4 N–H and O–H groups in total. The molecule has 1 saturated carbocycles. The fourth-order valence-electron chi connectivity index (χ4n) is 2.32. The highest BCUT2D eigenvalue weighted by atomic mass is 16.4. The van der Waals surface area contributed by atoms with Crippen molar-refractivity contribution >= 4 is 18.0 Å². The highest BCUT2D eigenvalue weighted by molar-refractivity contribution is 5.77. The quantitative estimate of drug-likeness (QED) is 0.543. The zero-order chi connectivity index (χ0) is 15.8. The molecule has 1 rings (SSSR count).